The van der Waals surface area contributed by atoms with Gasteiger partial charge in [-0.05, 0) is 37.3 Å². The van der Waals surface area contributed by atoms with Gasteiger partial charge in [-0.2, -0.15) is 9.61 Å². The van der Waals surface area contributed by atoms with Gasteiger partial charge in [0.25, 0.3) is 0 Å². The van der Waals surface area contributed by atoms with Gasteiger partial charge in [-0.3, -0.25) is 0 Å². The lowest BCUT2D eigenvalue weighted by Crippen LogP contribution is -1.93. The average Bonchev–Trinajstić information content (AvgIpc) is 3.17. The molecule has 0 aliphatic carbocycles. The fourth-order valence-corrected chi connectivity index (χ4v) is 3.79. The quantitative estimate of drug-likeness (QED) is 0.478. The summed E-state index contributed by atoms with van der Waals surface area (Å²) in [5.74, 6) is 1.40. The second-order valence-electron chi connectivity index (χ2n) is 5.21. The Morgan fingerprint density at radius 1 is 1.12 bits per heavy atom. The molecule has 0 fully saturated rings. The van der Waals surface area contributed by atoms with Crippen LogP contribution in [-0.4, -0.2) is 26.4 Å². The van der Waals surface area contributed by atoms with Crippen molar-refractivity contribution in [3.05, 3.63) is 52.5 Å². The Morgan fingerprint density at radius 3 is 2.80 bits per heavy atom. The van der Waals surface area contributed by atoms with Gasteiger partial charge in [-0.1, -0.05) is 46.7 Å². The van der Waals surface area contributed by atoms with Crippen LogP contribution in [0.2, 0.25) is 10.0 Å². The predicted octanol–water partition coefficient (Wildman–Crippen LogP) is 5.23. The zero-order chi connectivity index (χ0) is 17.4. The summed E-state index contributed by atoms with van der Waals surface area (Å²) < 4.78 is 7.25. The highest BCUT2D eigenvalue weighted by molar-refractivity contribution is 7.19. The van der Waals surface area contributed by atoms with Crippen molar-refractivity contribution < 1.29 is 4.74 Å². The number of hydrogen-bond acceptors (Lipinski definition) is 5. The van der Waals surface area contributed by atoms with E-state index in [9.17, 15) is 0 Å². The van der Waals surface area contributed by atoms with Crippen molar-refractivity contribution in [3.8, 4) is 27.7 Å². The Kier molecular flexibility index (Phi) is 4.33. The minimum atomic E-state index is 0.509. The van der Waals surface area contributed by atoms with Crippen LogP contribution in [0.4, 0.5) is 0 Å². The minimum absolute atomic E-state index is 0.509. The van der Waals surface area contributed by atoms with Crippen molar-refractivity contribution in [3.63, 3.8) is 0 Å². The number of rotatable bonds is 4. The summed E-state index contributed by atoms with van der Waals surface area (Å²) in [6.07, 6.45) is 0. The summed E-state index contributed by atoms with van der Waals surface area (Å²) in [4.78, 5) is 0.692. The lowest BCUT2D eigenvalue weighted by Gasteiger charge is -2.03. The number of nitrogens with zero attached hydrogens (tertiary/aromatic N) is 4. The monoisotopic (exact) mass is 390 g/mol. The van der Waals surface area contributed by atoms with Crippen molar-refractivity contribution in [2.75, 3.05) is 6.61 Å². The fraction of sp³-hybridized carbons (Fsp3) is 0.118. The van der Waals surface area contributed by atoms with E-state index < -0.39 is 0 Å². The molecule has 0 unspecified atom stereocenters. The smallest absolute Gasteiger partial charge is 0.235 e. The van der Waals surface area contributed by atoms with Crippen molar-refractivity contribution in [2.24, 2.45) is 0 Å². The molecule has 2 aromatic heterocycles. The zero-order valence-electron chi connectivity index (χ0n) is 13.1. The number of halogens is 2. The molecule has 0 aliphatic heterocycles. The normalized spacial score (nSPS) is 11.2. The predicted molar refractivity (Wildman–Crippen MR) is 101 cm³/mol. The molecule has 25 heavy (non-hydrogen) atoms. The lowest BCUT2D eigenvalue weighted by molar-refractivity contribution is 0.340. The van der Waals surface area contributed by atoms with Crippen molar-refractivity contribution in [1.82, 2.24) is 19.8 Å². The summed E-state index contributed by atoms with van der Waals surface area (Å²) >= 11 is 13.7. The van der Waals surface area contributed by atoms with E-state index in [0.717, 1.165) is 21.9 Å². The summed E-state index contributed by atoms with van der Waals surface area (Å²) in [5.41, 5.74) is 1.70. The third-order valence-electron chi connectivity index (χ3n) is 3.55. The van der Waals surface area contributed by atoms with Crippen molar-refractivity contribution >= 4 is 39.5 Å². The molecule has 4 rings (SSSR count). The number of fused-ring (bicyclic) bond motifs is 1. The topological polar surface area (TPSA) is 52.3 Å². The van der Waals surface area contributed by atoms with Crippen molar-refractivity contribution in [2.45, 2.75) is 6.92 Å². The molecule has 126 valence electrons. The molecule has 0 saturated heterocycles. The van der Waals surface area contributed by atoms with Gasteiger partial charge in [0.2, 0.25) is 4.96 Å². The lowest BCUT2D eigenvalue weighted by atomic mass is 10.2. The third-order valence-corrected chi connectivity index (χ3v) is 5.05. The fourth-order valence-electron chi connectivity index (χ4n) is 2.46. The molecule has 0 N–H and O–H groups in total. The minimum Gasteiger partial charge on any atom is -0.494 e. The summed E-state index contributed by atoms with van der Waals surface area (Å²) in [5, 5.41) is 15.0. The number of aromatic nitrogens is 4. The second-order valence-corrected chi connectivity index (χ2v) is 7.01. The largest absolute Gasteiger partial charge is 0.494 e. The molecule has 8 heteroatoms. The second kappa shape index (κ2) is 6.63. The molecule has 5 nitrogen and oxygen atoms in total. The van der Waals surface area contributed by atoms with E-state index in [1.54, 1.807) is 16.6 Å². The van der Waals surface area contributed by atoms with E-state index in [-0.39, 0.29) is 0 Å². The Balaban J connectivity index is 1.79. The van der Waals surface area contributed by atoms with Crippen molar-refractivity contribution in [1.29, 1.82) is 0 Å². The molecule has 0 bridgehead atoms. The molecule has 0 amide bonds. The molecular formula is C17H12Cl2N4OS. The maximum absolute atomic E-state index is 6.29. The maximum atomic E-state index is 6.29. The van der Waals surface area contributed by atoms with E-state index >= 15 is 0 Å². The van der Waals surface area contributed by atoms with Crippen LogP contribution in [0, 0.1) is 0 Å². The molecule has 2 aromatic carbocycles. The van der Waals surface area contributed by atoms with Crippen LogP contribution in [0.3, 0.4) is 0 Å². The first-order valence-corrected chi connectivity index (χ1v) is 9.14. The average molecular weight is 391 g/mol. The van der Waals surface area contributed by atoms with Crippen LogP contribution in [0.15, 0.2) is 42.5 Å². The van der Waals surface area contributed by atoms with Crippen LogP contribution >= 0.6 is 34.5 Å². The van der Waals surface area contributed by atoms with E-state index in [1.807, 2.05) is 37.3 Å². The van der Waals surface area contributed by atoms with Crippen LogP contribution < -0.4 is 4.74 Å². The van der Waals surface area contributed by atoms with E-state index in [4.69, 9.17) is 27.9 Å². The Morgan fingerprint density at radius 2 is 2.00 bits per heavy atom. The van der Waals surface area contributed by atoms with Crippen LogP contribution in [0.25, 0.3) is 26.9 Å². The van der Waals surface area contributed by atoms with Crippen LogP contribution in [0.1, 0.15) is 6.92 Å². The summed E-state index contributed by atoms with van der Waals surface area (Å²) in [6, 6.07) is 13.1. The van der Waals surface area contributed by atoms with Gasteiger partial charge in [0, 0.05) is 16.1 Å². The summed E-state index contributed by atoms with van der Waals surface area (Å²) in [7, 11) is 0. The van der Waals surface area contributed by atoms with Gasteiger partial charge >= 0.3 is 0 Å². The number of ether oxygens (including phenoxy) is 1. The van der Waals surface area contributed by atoms with Gasteiger partial charge in [0.05, 0.1) is 11.6 Å². The van der Waals surface area contributed by atoms with Gasteiger partial charge in [0.15, 0.2) is 5.82 Å². The number of benzene rings is 2. The first-order valence-electron chi connectivity index (χ1n) is 7.56. The molecule has 0 radical (unpaired) electrons. The standard InChI is InChI=1S/C17H12Cl2N4OS/c1-2-24-12-5-3-4-10(8-12)16-22-23-15(20-21-17(23)25-16)13-7-6-11(18)9-14(13)19/h3-9H,2H2,1H3. The maximum Gasteiger partial charge on any atom is 0.235 e. The van der Waals surface area contributed by atoms with Crippen LogP contribution in [0.5, 0.6) is 5.75 Å². The summed E-state index contributed by atoms with van der Waals surface area (Å²) in [6.45, 7) is 2.58. The Labute approximate surface area is 157 Å². The first-order chi connectivity index (χ1) is 12.2. The van der Waals surface area contributed by atoms with Crippen LogP contribution in [-0.2, 0) is 0 Å². The Bertz CT molecular complexity index is 1060. The van der Waals surface area contributed by atoms with Gasteiger partial charge in [0.1, 0.15) is 10.8 Å². The van der Waals surface area contributed by atoms with E-state index in [1.165, 1.54) is 11.3 Å². The highest BCUT2D eigenvalue weighted by atomic mass is 35.5. The molecule has 0 saturated carbocycles. The third kappa shape index (κ3) is 3.08. The highest BCUT2D eigenvalue weighted by Gasteiger charge is 2.17. The zero-order valence-corrected chi connectivity index (χ0v) is 15.4. The van der Waals surface area contributed by atoms with Gasteiger partial charge < -0.3 is 4.74 Å². The molecule has 2 heterocycles. The molecule has 0 spiro atoms. The number of hydrogen-bond donors (Lipinski definition) is 0. The molecule has 0 aliphatic rings. The van der Waals surface area contributed by atoms with E-state index in [2.05, 4.69) is 15.3 Å². The van der Waals surface area contributed by atoms with Gasteiger partial charge in [-0.25, -0.2) is 0 Å². The first kappa shape index (κ1) is 16.3. The molecular weight excluding hydrogens is 379 g/mol. The molecule has 4 aromatic rings. The Hall–Kier alpha value is -2.15. The van der Waals surface area contributed by atoms with E-state index in [0.29, 0.717) is 27.4 Å². The molecule has 0 atom stereocenters. The van der Waals surface area contributed by atoms with Gasteiger partial charge in [-0.15, -0.1) is 10.2 Å². The highest BCUT2D eigenvalue weighted by Crippen LogP contribution is 2.33. The SMILES string of the molecule is CCOc1cccc(-c2nn3c(-c4ccc(Cl)cc4Cl)nnc3s2)c1.